The fraction of sp³-hybridized carbons (Fsp3) is 0.438. The summed E-state index contributed by atoms with van der Waals surface area (Å²) >= 11 is 6.08. The molecule has 3 heterocycles. The van der Waals surface area contributed by atoms with Crippen LogP contribution in [0.15, 0.2) is 18.5 Å². The highest BCUT2D eigenvalue weighted by Gasteiger charge is 2.25. The maximum absolute atomic E-state index is 12.2. The Labute approximate surface area is 154 Å². The molecule has 0 spiro atoms. The first kappa shape index (κ1) is 16.8. The number of aromatic amines is 1. The molecule has 0 saturated heterocycles. The van der Waals surface area contributed by atoms with Gasteiger partial charge in [-0.3, -0.25) is 4.79 Å². The molecular weight excluding hydrogens is 356 g/mol. The fourth-order valence-corrected chi connectivity index (χ4v) is 3.60. The molecule has 26 heavy (non-hydrogen) atoms. The summed E-state index contributed by atoms with van der Waals surface area (Å²) in [6.07, 6.45) is 7.11. The van der Waals surface area contributed by atoms with E-state index >= 15 is 0 Å². The second-order valence-electron chi connectivity index (χ2n) is 6.54. The zero-order chi connectivity index (χ0) is 18.1. The highest BCUT2D eigenvalue weighted by Crippen LogP contribution is 2.27. The number of halogens is 1. The first-order valence-corrected chi connectivity index (χ1v) is 8.89. The van der Waals surface area contributed by atoms with Gasteiger partial charge in [-0.15, -0.1) is 0 Å². The van der Waals surface area contributed by atoms with Crippen LogP contribution < -0.4 is 10.6 Å². The average molecular weight is 375 g/mol. The number of carbonyl (C=O) groups excluding carboxylic acids is 1. The predicted octanol–water partition coefficient (Wildman–Crippen LogP) is 1.89. The molecule has 0 unspecified atom stereocenters. The minimum Gasteiger partial charge on any atom is -0.367 e. The Morgan fingerprint density at radius 2 is 2.19 bits per heavy atom. The molecule has 4 rings (SSSR count). The van der Waals surface area contributed by atoms with Crippen molar-refractivity contribution in [1.29, 1.82) is 0 Å². The molecule has 0 aliphatic heterocycles. The first-order valence-electron chi connectivity index (χ1n) is 8.52. The number of carbonyl (C=O) groups is 1. The molecule has 1 fully saturated rings. The Morgan fingerprint density at radius 1 is 1.35 bits per heavy atom. The van der Waals surface area contributed by atoms with Gasteiger partial charge < -0.3 is 15.2 Å². The molecule has 1 saturated carbocycles. The minimum atomic E-state index is -0.208. The van der Waals surface area contributed by atoms with Crippen molar-refractivity contribution in [3.8, 4) is 0 Å². The molecule has 1 amide bonds. The van der Waals surface area contributed by atoms with Crippen molar-refractivity contribution in [2.24, 2.45) is 7.05 Å². The van der Waals surface area contributed by atoms with Gasteiger partial charge in [-0.25, -0.2) is 4.98 Å². The summed E-state index contributed by atoms with van der Waals surface area (Å²) in [7, 11) is 1.92. The number of hydrogen-bond acceptors (Lipinski definition) is 6. The van der Waals surface area contributed by atoms with Gasteiger partial charge in [0.1, 0.15) is 11.5 Å². The van der Waals surface area contributed by atoms with Crippen LogP contribution in [0.3, 0.4) is 0 Å². The Morgan fingerprint density at radius 3 is 3.00 bits per heavy atom. The summed E-state index contributed by atoms with van der Waals surface area (Å²) in [6.45, 7) is 0. The summed E-state index contributed by atoms with van der Waals surface area (Å²) in [5.74, 6) is 0.522. The molecule has 3 aromatic rings. The molecule has 0 radical (unpaired) electrons. The number of aryl methyl sites for hydroxylation is 1. The van der Waals surface area contributed by atoms with Crippen molar-refractivity contribution < 1.29 is 4.79 Å². The van der Waals surface area contributed by atoms with Gasteiger partial charge in [-0.1, -0.05) is 0 Å². The predicted molar refractivity (Wildman–Crippen MR) is 97.0 cm³/mol. The number of H-pyrrole nitrogens is 1. The van der Waals surface area contributed by atoms with Crippen LogP contribution in [-0.4, -0.2) is 47.9 Å². The summed E-state index contributed by atoms with van der Waals surface area (Å²) < 4.78 is 1.91. The number of rotatable bonds is 4. The van der Waals surface area contributed by atoms with Gasteiger partial charge in [-0.2, -0.15) is 20.4 Å². The molecule has 9 nitrogen and oxygen atoms in total. The van der Waals surface area contributed by atoms with Gasteiger partial charge in [0.25, 0.3) is 5.91 Å². The molecule has 3 N–H and O–H groups in total. The molecule has 1 aliphatic carbocycles. The van der Waals surface area contributed by atoms with Crippen molar-refractivity contribution in [2.45, 2.75) is 37.8 Å². The highest BCUT2D eigenvalue weighted by atomic mass is 35.5. The monoisotopic (exact) mass is 374 g/mol. The molecule has 136 valence electrons. The third-order valence-corrected chi connectivity index (χ3v) is 4.86. The Hall–Kier alpha value is -2.68. The molecule has 2 atom stereocenters. The van der Waals surface area contributed by atoms with Crippen LogP contribution in [0.5, 0.6) is 0 Å². The van der Waals surface area contributed by atoms with Crippen LogP contribution in [-0.2, 0) is 7.05 Å². The van der Waals surface area contributed by atoms with E-state index in [-0.39, 0.29) is 23.3 Å². The SMILES string of the molecule is Cn1ccc2c(N[C@@H]3CCC[C@H](NC(=O)c4cn[nH]n4)C3)nc(Cl)nc21. The number of aromatic nitrogens is 6. The Bertz CT molecular complexity index is 922. The Balaban J connectivity index is 1.46. The van der Waals surface area contributed by atoms with Crippen molar-refractivity contribution in [3.63, 3.8) is 0 Å². The maximum atomic E-state index is 12.2. The largest absolute Gasteiger partial charge is 0.367 e. The van der Waals surface area contributed by atoms with Gasteiger partial charge in [0.15, 0.2) is 5.69 Å². The van der Waals surface area contributed by atoms with Crippen molar-refractivity contribution in [1.82, 2.24) is 35.3 Å². The van der Waals surface area contributed by atoms with Crippen LogP contribution in [0.1, 0.15) is 36.2 Å². The van der Waals surface area contributed by atoms with E-state index in [9.17, 15) is 4.79 Å². The van der Waals surface area contributed by atoms with Crippen molar-refractivity contribution in [2.75, 3.05) is 5.32 Å². The Kier molecular flexibility index (Phi) is 4.46. The van der Waals surface area contributed by atoms with E-state index in [1.807, 2.05) is 23.9 Å². The highest BCUT2D eigenvalue weighted by molar-refractivity contribution is 6.28. The van der Waals surface area contributed by atoms with Gasteiger partial charge in [-0.05, 0) is 43.4 Å². The third kappa shape index (κ3) is 3.34. The molecule has 3 aromatic heterocycles. The van der Waals surface area contributed by atoms with Crippen LogP contribution in [0.25, 0.3) is 11.0 Å². The molecule has 0 bridgehead atoms. The zero-order valence-electron chi connectivity index (χ0n) is 14.2. The van der Waals surface area contributed by atoms with Gasteiger partial charge in [0, 0.05) is 25.3 Å². The number of nitrogens with zero attached hydrogens (tertiary/aromatic N) is 5. The van der Waals surface area contributed by atoms with Crippen LogP contribution in [0.2, 0.25) is 5.28 Å². The van der Waals surface area contributed by atoms with E-state index in [1.165, 1.54) is 6.20 Å². The van der Waals surface area contributed by atoms with E-state index < -0.39 is 0 Å². The third-order valence-electron chi connectivity index (χ3n) is 4.70. The molecule has 0 aromatic carbocycles. The van der Waals surface area contributed by atoms with Crippen LogP contribution in [0.4, 0.5) is 5.82 Å². The number of hydrogen-bond donors (Lipinski definition) is 3. The van der Waals surface area contributed by atoms with Crippen molar-refractivity contribution in [3.05, 3.63) is 29.4 Å². The summed E-state index contributed by atoms with van der Waals surface area (Å²) in [6, 6.07) is 2.25. The second-order valence-corrected chi connectivity index (χ2v) is 6.88. The average Bonchev–Trinajstić information content (AvgIpc) is 3.26. The lowest BCUT2D eigenvalue weighted by Crippen LogP contribution is -2.42. The number of nitrogens with one attached hydrogen (secondary N) is 3. The lowest BCUT2D eigenvalue weighted by Gasteiger charge is -2.30. The first-order chi connectivity index (χ1) is 12.6. The number of fused-ring (bicyclic) bond motifs is 1. The topological polar surface area (TPSA) is 113 Å². The van der Waals surface area contributed by atoms with Crippen molar-refractivity contribution >= 4 is 34.4 Å². The fourth-order valence-electron chi connectivity index (χ4n) is 3.44. The zero-order valence-corrected chi connectivity index (χ0v) is 15.0. The maximum Gasteiger partial charge on any atom is 0.273 e. The molecule has 1 aliphatic rings. The number of amides is 1. The van der Waals surface area contributed by atoms with E-state index in [0.717, 1.165) is 42.5 Å². The van der Waals surface area contributed by atoms with Crippen LogP contribution in [0, 0.1) is 0 Å². The minimum absolute atomic E-state index is 0.0778. The lowest BCUT2D eigenvalue weighted by atomic mass is 9.91. The normalized spacial score (nSPS) is 20.2. The summed E-state index contributed by atoms with van der Waals surface area (Å²) in [5.41, 5.74) is 1.09. The van der Waals surface area contributed by atoms with Gasteiger partial charge in [0.2, 0.25) is 5.28 Å². The van der Waals surface area contributed by atoms with Gasteiger partial charge >= 0.3 is 0 Å². The van der Waals surface area contributed by atoms with E-state index in [0.29, 0.717) is 5.69 Å². The standard InChI is InChI=1S/C16H19ClN8O/c1-25-6-5-11-13(21-16(17)22-14(11)25)19-9-3-2-4-10(7-9)20-15(26)12-8-18-24-23-12/h5-6,8-10H,2-4,7H2,1H3,(H,20,26)(H,18,23,24)(H,19,21,22)/t9-,10+/m1/s1. The van der Waals surface area contributed by atoms with Crippen LogP contribution >= 0.6 is 11.6 Å². The quantitative estimate of drug-likeness (QED) is 0.601. The van der Waals surface area contributed by atoms with E-state index in [1.54, 1.807) is 0 Å². The van der Waals surface area contributed by atoms with E-state index in [4.69, 9.17) is 11.6 Å². The lowest BCUT2D eigenvalue weighted by molar-refractivity contribution is 0.0921. The summed E-state index contributed by atoms with van der Waals surface area (Å²) in [4.78, 5) is 20.8. The smallest absolute Gasteiger partial charge is 0.273 e. The molecular formula is C16H19ClN8O. The second kappa shape index (κ2) is 6.91. The number of anilines is 1. The molecule has 10 heteroatoms. The van der Waals surface area contributed by atoms with E-state index in [2.05, 4.69) is 36.0 Å². The van der Waals surface area contributed by atoms with Gasteiger partial charge in [0.05, 0.1) is 11.6 Å². The summed E-state index contributed by atoms with van der Waals surface area (Å²) in [5, 5.41) is 17.6.